The van der Waals surface area contributed by atoms with E-state index in [9.17, 15) is 4.79 Å². The minimum Gasteiger partial charge on any atom is -0.385 e. The molecule has 1 aliphatic carbocycles. The van der Waals surface area contributed by atoms with Crippen LogP contribution in [0.1, 0.15) is 80.3 Å². The minimum absolute atomic E-state index is 0.113. The average molecular weight is 460 g/mol. The number of benzene rings is 2. The average Bonchev–Trinajstić information content (AvgIpc) is 2.90. The molecule has 0 spiro atoms. The smallest absolute Gasteiger partial charge is 0.253 e. The first-order valence-electron chi connectivity index (χ1n) is 13.4. The SMILES string of the molecule is CCN(CC)C(=O)c1ccc(C(=C2CCNCC2)c2cccc(NCC3CCCCC3)c2)cc1. The highest BCUT2D eigenvalue weighted by Gasteiger charge is 2.18. The van der Waals surface area contributed by atoms with Crippen molar-refractivity contribution in [1.29, 1.82) is 0 Å². The zero-order valence-electron chi connectivity index (χ0n) is 21.0. The maximum atomic E-state index is 12.8. The van der Waals surface area contributed by atoms with Crippen LogP contribution >= 0.6 is 0 Å². The van der Waals surface area contributed by atoms with Gasteiger partial charge in [-0.15, -0.1) is 0 Å². The maximum Gasteiger partial charge on any atom is 0.253 e. The molecular formula is C30H41N3O. The standard InChI is InChI=1S/C30H41N3O/c1-3-33(4-2)30(34)26-15-13-24(14-16-26)29(25-17-19-31-20-18-25)27-11-8-12-28(21-27)32-22-23-9-6-5-7-10-23/h8,11-16,21,23,31-32H,3-7,9-10,17-20,22H2,1-2H3. The van der Waals surface area contributed by atoms with Crippen LogP contribution in [0.4, 0.5) is 5.69 Å². The van der Waals surface area contributed by atoms with Crippen molar-refractivity contribution in [3.05, 3.63) is 70.8 Å². The molecule has 34 heavy (non-hydrogen) atoms. The second-order valence-corrected chi connectivity index (χ2v) is 9.75. The molecule has 2 aliphatic rings. The molecule has 1 heterocycles. The highest BCUT2D eigenvalue weighted by Crippen LogP contribution is 2.33. The lowest BCUT2D eigenvalue weighted by atomic mass is 9.88. The Bertz CT molecular complexity index is 961. The molecule has 1 saturated carbocycles. The van der Waals surface area contributed by atoms with Crippen LogP contribution < -0.4 is 10.6 Å². The first-order chi connectivity index (χ1) is 16.7. The molecule has 0 atom stereocenters. The third kappa shape index (κ3) is 6.09. The molecule has 2 aromatic rings. The summed E-state index contributed by atoms with van der Waals surface area (Å²) < 4.78 is 0. The first kappa shape index (κ1) is 24.5. The van der Waals surface area contributed by atoms with Crippen LogP contribution in [0.25, 0.3) is 5.57 Å². The Hall–Kier alpha value is -2.59. The maximum absolute atomic E-state index is 12.8. The summed E-state index contributed by atoms with van der Waals surface area (Å²) in [6.45, 7) is 8.66. The lowest BCUT2D eigenvalue weighted by molar-refractivity contribution is 0.0773. The number of carbonyl (C=O) groups excluding carboxylic acids is 1. The molecule has 0 unspecified atom stereocenters. The summed E-state index contributed by atoms with van der Waals surface area (Å²) in [4.78, 5) is 14.7. The molecule has 0 bridgehead atoms. The molecule has 1 saturated heterocycles. The van der Waals surface area contributed by atoms with Crippen molar-refractivity contribution in [3.63, 3.8) is 0 Å². The number of carbonyl (C=O) groups is 1. The Balaban J connectivity index is 1.59. The number of amides is 1. The quantitative estimate of drug-likeness (QED) is 0.484. The summed E-state index contributed by atoms with van der Waals surface area (Å²) in [6, 6.07) is 17.2. The first-order valence-corrected chi connectivity index (χ1v) is 13.4. The lowest BCUT2D eigenvalue weighted by Gasteiger charge is -2.24. The van der Waals surface area contributed by atoms with Gasteiger partial charge in [0.25, 0.3) is 5.91 Å². The van der Waals surface area contributed by atoms with E-state index < -0.39 is 0 Å². The number of nitrogens with zero attached hydrogens (tertiary/aromatic N) is 1. The number of rotatable bonds is 8. The van der Waals surface area contributed by atoms with Gasteiger partial charge in [-0.3, -0.25) is 4.79 Å². The fraction of sp³-hybridized carbons (Fsp3) is 0.500. The molecule has 1 amide bonds. The van der Waals surface area contributed by atoms with E-state index >= 15 is 0 Å². The van der Waals surface area contributed by atoms with Gasteiger partial charge in [0.15, 0.2) is 0 Å². The van der Waals surface area contributed by atoms with Gasteiger partial charge in [-0.25, -0.2) is 0 Å². The molecule has 4 heteroatoms. The summed E-state index contributed by atoms with van der Waals surface area (Å²) in [6.07, 6.45) is 9.00. The van der Waals surface area contributed by atoms with Crippen molar-refractivity contribution < 1.29 is 4.79 Å². The van der Waals surface area contributed by atoms with Crippen LogP contribution in [0.2, 0.25) is 0 Å². The summed E-state index contributed by atoms with van der Waals surface area (Å²) in [7, 11) is 0. The Kier molecular flexibility index (Phi) is 8.81. The monoisotopic (exact) mass is 459 g/mol. The van der Waals surface area contributed by atoms with Gasteiger partial charge in [0.2, 0.25) is 0 Å². The van der Waals surface area contributed by atoms with Gasteiger partial charge < -0.3 is 15.5 Å². The molecule has 2 aromatic carbocycles. The van der Waals surface area contributed by atoms with Crippen molar-refractivity contribution in [2.24, 2.45) is 5.92 Å². The van der Waals surface area contributed by atoms with Gasteiger partial charge in [-0.2, -0.15) is 0 Å². The topological polar surface area (TPSA) is 44.4 Å². The van der Waals surface area contributed by atoms with Crippen LogP contribution in [-0.2, 0) is 0 Å². The van der Waals surface area contributed by atoms with Crippen molar-refractivity contribution >= 4 is 17.2 Å². The lowest BCUT2D eigenvalue weighted by Crippen LogP contribution is -2.30. The minimum atomic E-state index is 0.113. The number of nitrogens with one attached hydrogen (secondary N) is 2. The van der Waals surface area contributed by atoms with E-state index in [2.05, 4.69) is 47.0 Å². The Morgan fingerprint density at radius 2 is 1.59 bits per heavy atom. The third-order valence-electron chi connectivity index (χ3n) is 7.50. The Morgan fingerprint density at radius 1 is 0.912 bits per heavy atom. The van der Waals surface area contributed by atoms with Gasteiger partial charge in [0, 0.05) is 30.9 Å². The third-order valence-corrected chi connectivity index (χ3v) is 7.50. The van der Waals surface area contributed by atoms with Gasteiger partial charge in [0.1, 0.15) is 0 Å². The summed E-state index contributed by atoms with van der Waals surface area (Å²) in [5, 5.41) is 7.22. The Labute approximate surface area is 205 Å². The normalized spacial score (nSPS) is 16.8. The molecule has 4 rings (SSSR count). The van der Waals surface area contributed by atoms with Gasteiger partial charge in [0.05, 0.1) is 0 Å². The second-order valence-electron chi connectivity index (χ2n) is 9.75. The van der Waals surface area contributed by atoms with Crippen molar-refractivity contribution in [1.82, 2.24) is 10.2 Å². The predicted molar refractivity (Wildman–Crippen MR) is 143 cm³/mol. The molecule has 182 valence electrons. The van der Waals surface area contributed by atoms with Gasteiger partial charge >= 0.3 is 0 Å². The van der Waals surface area contributed by atoms with Gasteiger partial charge in [-0.05, 0) is 99.5 Å². The highest BCUT2D eigenvalue weighted by atomic mass is 16.2. The second kappa shape index (κ2) is 12.2. The molecule has 2 N–H and O–H groups in total. The number of hydrogen-bond acceptors (Lipinski definition) is 3. The molecule has 4 nitrogen and oxygen atoms in total. The Morgan fingerprint density at radius 3 is 2.26 bits per heavy atom. The summed E-state index contributed by atoms with van der Waals surface area (Å²) in [5.41, 5.74) is 7.30. The van der Waals surface area contributed by atoms with E-state index in [0.717, 1.165) is 57.0 Å². The highest BCUT2D eigenvalue weighted by molar-refractivity contribution is 5.95. The molecule has 0 radical (unpaired) electrons. The largest absolute Gasteiger partial charge is 0.385 e. The van der Waals surface area contributed by atoms with Crippen molar-refractivity contribution in [2.45, 2.75) is 58.8 Å². The van der Waals surface area contributed by atoms with Crippen LogP contribution in [0.3, 0.4) is 0 Å². The van der Waals surface area contributed by atoms with Crippen molar-refractivity contribution in [3.8, 4) is 0 Å². The van der Waals surface area contributed by atoms with Crippen LogP contribution in [0.15, 0.2) is 54.1 Å². The molecule has 0 aromatic heterocycles. The number of anilines is 1. The zero-order chi connectivity index (χ0) is 23.8. The number of hydrogen-bond donors (Lipinski definition) is 2. The van der Waals surface area contributed by atoms with Crippen molar-refractivity contribution in [2.75, 3.05) is 38.0 Å². The summed E-state index contributed by atoms with van der Waals surface area (Å²) >= 11 is 0. The fourth-order valence-corrected chi connectivity index (χ4v) is 5.46. The molecular weight excluding hydrogens is 418 g/mol. The van der Waals surface area contributed by atoms with E-state index in [4.69, 9.17) is 0 Å². The van der Waals surface area contributed by atoms with E-state index in [1.54, 1.807) is 0 Å². The van der Waals surface area contributed by atoms with E-state index in [1.165, 1.54) is 60.1 Å². The van der Waals surface area contributed by atoms with Crippen LogP contribution in [0, 0.1) is 5.92 Å². The van der Waals surface area contributed by atoms with E-state index in [-0.39, 0.29) is 5.91 Å². The summed E-state index contributed by atoms with van der Waals surface area (Å²) in [5.74, 6) is 0.914. The zero-order valence-corrected chi connectivity index (χ0v) is 21.0. The fourth-order valence-electron chi connectivity index (χ4n) is 5.46. The predicted octanol–water partition coefficient (Wildman–Crippen LogP) is 6.35. The van der Waals surface area contributed by atoms with Crippen LogP contribution in [-0.4, -0.2) is 43.5 Å². The van der Waals surface area contributed by atoms with Gasteiger partial charge in [-0.1, -0.05) is 49.1 Å². The van der Waals surface area contributed by atoms with E-state index in [1.807, 2.05) is 30.9 Å². The van der Waals surface area contributed by atoms with E-state index in [0.29, 0.717) is 0 Å². The molecule has 2 fully saturated rings. The van der Waals surface area contributed by atoms with Crippen LogP contribution in [0.5, 0.6) is 0 Å². The molecule has 1 aliphatic heterocycles. The number of piperidine rings is 1.